The van der Waals surface area contributed by atoms with Crippen molar-refractivity contribution in [3.63, 3.8) is 0 Å². The molecule has 1 aliphatic heterocycles. The van der Waals surface area contributed by atoms with Crippen molar-refractivity contribution < 1.29 is 18.9 Å². The molecule has 2 unspecified atom stereocenters. The van der Waals surface area contributed by atoms with Crippen molar-refractivity contribution in [1.29, 1.82) is 0 Å². The molecule has 1 fully saturated rings. The van der Waals surface area contributed by atoms with Crippen molar-refractivity contribution in [3.8, 4) is 11.5 Å². The summed E-state index contributed by atoms with van der Waals surface area (Å²) >= 11 is 6.06. The molecule has 0 aliphatic carbocycles. The van der Waals surface area contributed by atoms with Gasteiger partial charge in [0.2, 0.25) is 5.79 Å². The Balaban J connectivity index is 1.49. The molecule has 152 valence electrons. The first-order valence-corrected chi connectivity index (χ1v) is 9.96. The highest BCUT2D eigenvalue weighted by Gasteiger charge is 2.44. The Kier molecular flexibility index (Phi) is 6.04. The van der Waals surface area contributed by atoms with E-state index >= 15 is 0 Å². The summed E-state index contributed by atoms with van der Waals surface area (Å²) in [5.41, 5.74) is 0.884. The van der Waals surface area contributed by atoms with Gasteiger partial charge in [-0.1, -0.05) is 35.9 Å². The number of aromatic nitrogens is 2. The number of rotatable bonds is 8. The third kappa shape index (κ3) is 4.56. The van der Waals surface area contributed by atoms with Gasteiger partial charge in [0.25, 0.3) is 0 Å². The first kappa shape index (κ1) is 19.8. The van der Waals surface area contributed by atoms with E-state index in [2.05, 4.69) is 5.10 Å². The molecule has 2 heterocycles. The normalized spacial score (nSPS) is 21.2. The van der Waals surface area contributed by atoms with E-state index in [0.29, 0.717) is 37.1 Å². The molecule has 0 spiro atoms. The third-order valence-corrected chi connectivity index (χ3v) is 4.90. The zero-order valence-corrected chi connectivity index (χ0v) is 16.9. The lowest BCUT2D eigenvalue weighted by atomic mass is 10.1. The monoisotopic (exact) mass is 414 g/mol. The molecule has 1 aliphatic rings. The van der Waals surface area contributed by atoms with Crippen LogP contribution >= 0.6 is 11.6 Å². The average Bonchev–Trinajstić information content (AvgIpc) is 3.39. The van der Waals surface area contributed by atoms with Crippen LogP contribution in [0.15, 0.2) is 67.0 Å². The van der Waals surface area contributed by atoms with Gasteiger partial charge in [0.15, 0.2) is 11.5 Å². The van der Waals surface area contributed by atoms with E-state index in [1.54, 1.807) is 10.9 Å². The van der Waals surface area contributed by atoms with Gasteiger partial charge in [-0.25, -0.2) is 0 Å². The first-order chi connectivity index (χ1) is 14.2. The second-order valence-electron chi connectivity index (χ2n) is 6.71. The highest BCUT2D eigenvalue weighted by atomic mass is 35.5. The lowest BCUT2D eigenvalue weighted by Crippen LogP contribution is -2.34. The van der Waals surface area contributed by atoms with E-state index in [1.165, 1.54) is 0 Å². The number of halogens is 1. The van der Waals surface area contributed by atoms with Crippen molar-refractivity contribution >= 4 is 11.6 Å². The van der Waals surface area contributed by atoms with Gasteiger partial charge in [0, 0.05) is 23.0 Å². The fourth-order valence-electron chi connectivity index (χ4n) is 3.31. The Bertz CT molecular complexity index is 917. The number of para-hydroxylation sites is 2. The topological polar surface area (TPSA) is 54.7 Å². The Morgan fingerprint density at radius 1 is 1.10 bits per heavy atom. The Morgan fingerprint density at radius 2 is 1.86 bits per heavy atom. The van der Waals surface area contributed by atoms with Crippen LogP contribution in [0.4, 0.5) is 0 Å². The molecule has 1 aromatic heterocycles. The quantitative estimate of drug-likeness (QED) is 0.550. The lowest BCUT2D eigenvalue weighted by Gasteiger charge is -2.28. The minimum Gasteiger partial charge on any atom is -0.490 e. The second kappa shape index (κ2) is 8.86. The maximum atomic E-state index is 6.38. The summed E-state index contributed by atoms with van der Waals surface area (Å²) in [6, 6.07) is 17.0. The van der Waals surface area contributed by atoms with E-state index < -0.39 is 5.79 Å². The van der Waals surface area contributed by atoms with Crippen molar-refractivity contribution in [2.24, 2.45) is 0 Å². The summed E-state index contributed by atoms with van der Waals surface area (Å²) < 4.78 is 26.0. The number of benzene rings is 2. The Labute approximate surface area is 174 Å². The van der Waals surface area contributed by atoms with E-state index in [9.17, 15) is 0 Å². The SMILES string of the molecule is CCOc1ccccc1OCC1COC(Cn2cccn2)(c2ccc(Cl)cc2)O1. The molecular formula is C22H23ClN2O4. The predicted octanol–water partition coefficient (Wildman–Crippen LogP) is 4.28. The predicted molar refractivity (Wildman–Crippen MR) is 109 cm³/mol. The molecule has 0 bridgehead atoms. The minimum atomic E-state index is -0.954. The maximum Gasteiger partial charge on any atom is 0.215 e. The summed E-state index contributed by atoms with van der Waals surface area (Å²) in [6.45, 7) is 3.69. The number of nitrogens with zero attached hydrogens (tertiary/aromatic N) is 2. The van der Waals surface area contributed by atoms with Crippen LogP contribution in [-0.4, -0.2) is 35.7 Å². The van der Waals surface area contributed by atoms with Crippen LogP contribution in [0.5, 0.6) is 11.5 Å². The summed E-state index contributed by atoms with van der Waals surface area (Å²) in [4.78, 5) is 0. The molecule has 2 atom stereocenters. The molecule has 2 aromatic carbocycles. The highest BCUT2D eigenvalue weighted by Crippen LogP contribution is 2.37. The number of hydrogen-bond donors (Lipinski definition) is 0. The summed E-state index contributed by atoms with van der Waals surface area (Å²) in [5.74, 6) is 0.452. The molecule has 0 saturated carbocycles. The van der Waals surface area contributed by atoms with Crippen LogP contribution in [0, 0.1) is 0 Å². The Hall–Kier alpha value is -2.54. The smallest absolute Gasteiger partial charge is 0.215 e. The van der Waals surface area contributed by atoms with Crippen molar-refractivity contribution in [1.82, 2.24) is 9.78 Å². The van der Waals surface area contributed by atoms with Gasteiger partial charge in [-0.15, -0.1) is 0 Å². The third-order valence-electron chi connectivity index (χ3n) is 4.65. The Morgan fingerprint density at radius 3 is 2.55 bits per heavy atom. The zero-order valence-electron chi connectivity index (χ0n) is 16.2. The van der Waals surface area contributed by atoms with Gasteiger partial charge in [0.1, 0.15) is 12.7 Å². The summed E-state index contributed by atoms with van der Waals surface area (Å²) in [7, 11) is 0. The minimum absolute atomic E-state index is 0.240. The molecule has 7 heteroatoms. The molecular weight excluding hydrogens is 392 g/mol. The van der Waals surface area contributed by atoms with Crippen LogP contribution < -0.4 is 9.47 Å². The largest absolute Gasteiger partial charge is 0.490 e. The highest BCUT2D eigenvalue weighted by molar-refractivity contribution is 6.30. The molecule has 4 rings (SSSR count). The molecule has 0 N–H and O–H groups in total. The van der Waals surface area contributed by atoms with Crippen molar-refractivity contribution in [2.75, 3.05) is 19.8 Å². The van der Waals surface area contributed by atoms with Crippen LogP contribution in [0.3, 0.4) is 0 Å². The standard InChI is InChI=1S/C22H23ClN2O4/c1-2-26-20-6-3-4-7-21(20)27-14-19-15-28-22(29-19,16-25-13-5-12-24-25)17-8-10-18(23)11-9-17/h3-13,19H,2,14-16H2,1H3. The van der Waals surface area contributed by atoms with Crippen LogP contribution in [0.25, 0.3) is 0 Å². The molecule has 6 nitrogen and oxygen atoms in total. The summed E-state index contributed by atoms with van der Waals surface area (Å²) in [6.07, 6.45) is 3.37. The molecule has 1 saturated heterocycles. The maximum absolute atomic E-state index is 6.38. The van der Waals surface area contributed by atoms with Gasteiger partial charge in [-0.3, -0.25) is 4.68 Å². The molecule has 0 amide bonds. The molecule has 29 heavy (non-hydrogen) atoms. The fraction of sp³-hybridized carbons (Fsp3) is 0.318. The number of ether oxygens (including phenoxy) is 4. The average molecular weight is 415 g/mol. The number of hydrogen-bond acceptors (Lipinski definition) is 5. The molecule has 0 radical (unpaired) electrons. The van der Waals surface area contributed by atoms with Gasteiger partial charge < -0.3 is 18.9 Å². The van der Waals surface area contributed by atoms with Crippen molar-refractivity contribution in [3.05, 3.63) is 77.6 Å². The fourth-order valence-corrected chi connectivity index (χ4v) is 3.44. The van der Waals surface area contributed by atoms with Gasteiger partial charge in [-0.2, -0.15) is 5.10 Å². The van der Waals surface area contributed by atoms with E-state index in [1.807, 2.05) is 67.7 Å². The lowest BCUT2D eigenvalue weighted by molar-refractivity contribution is -0.190. The van der Waals surface area contributed by atoms with E-state index in [-0.39, 0.29) is 6.10 Å². The first-order valence-electron chi connectivity index (χ1n) is 9.58. The van der Waals surface area contributed by atoms with E-state index in [0.717, 1.165) is 11.3 Å². The second-order valence-corrected chi connectivity index (χ2v) is 7.14. The van der Waals surface area contributed by atoms with Gasteiger partial charge in [0.05, 0.1) is 19.8 Å². The van der Waals surface area contributed by atoms with Crippen molar-refractivity contribution in [2.45, 2.75) is 25.4 Å². The van der Waals surface area contributed by atoms with Gasteiger partial charge >= 0.3 is 0 Å². The van der Waals surface area contributed by atoms with Crippen LogP contribution in [0.2, 0.25) is 5.02 Å². The molecule has 3 aromatic rings. The van der Waals surface area contributed by atoms with E-state index in [4.69, 9.17) is 30.5 Å². The van der Waals surface area contributed by atoms with Crippen LogP contribution in [-0.2, 0) is 21.8 Å². The summed E-state index contributed by atoms with van der Waals surface area (Å²) in [5, 5.41) is 4.96. The van der Waals surface area contributed by atoms with Gasteiger partial charge in [-0.05, 0) is 37.3 Å². The van der Waals surface area contributed by atoms with Crippen LogP contribution in [0.1, 0.15) is 12.5 Å². The zero-order chi connectivity index (χ0) is 20.1.